The number of unbranched alkanes of at least 4 members (excludes halogenated alkanes) is 35. The second-order valence-corrected chi connectivity index (χ2v) is 19.4. The van der Waals surface area contributed by atoms with Gasteiger partial charge in [-0.25, -0.2) is 0 Å². The van der Waals surface area contributed by atoms with Crippen molar-refractivity contribution in [3.63, 3.8) is 0 Å². The van der Waals surface area contributed by atoms with Gasteiger partial charge >= 0.3 is 11.9 Å². The maximum Gasteiger partial charge on any atom is 0.306 e. The zero-order valence-electron chi connectivity index (χ0n) is 42.3. The highest BCUT2D eigenvalue weighted by molar-refractivity contribution is 5.70. The fraction of sp³-hybridized carbons (Fsp3) is 0.927. The third-order valence-electron chi connectivity index (χ3n) is 13.2. The first kappa shape index (κ1) is 61.5. The van der Waals surface area contributed by atoms with Crippen molar-refractivity contribution >= 4 is 11.9 Å². The van der Waals surface area contributed by atoms with Crippen molar-refractivity contribution in [2.75, 3.05) is 19.8 Å². The van der Waals surface area contributed by atoms with Gasteiger partial charge < -0.3 is 39.4 Å². The van der Waals surface area contributed by atoms with Crippen molar-refractivity contribution in [2.24, 2.45) is 0 Å². The standard InChI is InChI=1S/C55H104O10/c1-3-5-7-9-11-13-15-17-19-21-22-23-24-25-26-27-28-30-31-33-35-37-39-41-43-50(57)62-46-48(47-63-55-54(61)53(60)52(59)49(45-56)65-55)64-51(58)44-42-40-38-36-34-32-29-20-18-16-14-12-10-8-6-4-2/h20,29,48-49,52-56,59-61H,3-19,21-28,30-47H2,1-2H3/b29-20-. The molecule has 1 aliphatic rings. The molecule has 1 saturated heterocycles. The van der Waals surface area contributed by atoms with E-state index in [4.69, 9.17) is 18.9 Å². The van der Waals surface area contributed by atoms with E-state index in [1.54, 1.807) is 0 Å². The monoisotopic (exact) mass is 925 g/mol. The van der Waals surface area contributed by atoms with Crippen LogP contribution in [0.5, 0.6) is 0 Å². The molecule has 0 amide bonds. The van der Waals surface area contributed by atoms with Gasteiger partial charge in [-0.1, -0.05) is 231 Å². The number of rotatable bonds is 48. The molecule has 1 heterocycles. The number of esters is 2. The predicted molar refractivity (Wildman–Crippen MR) is 266 cm³/mol. The number of ether oxygens (including phenoxy) is 4. The molecule has 10 nitrogen and oxygen atoms in total. The van der Waals surface area contributed by atoms with Gasteiger partial charge in [0.15, 0.2) is 12.4 Å². The zero-order chi connectivity index (χ0) is 47.3. The van der Waals surface area contributed by atoms with Crippen molar-refractivity contribution in [2.45, 2.75) is 307 Å². The zero-order valence-corrected chi connectivity index (χ0v) is 42.3. The first-order valence-electron chi connectivity index (χ1n) is 27.8. The minimum absolute atomic E-state index is 0.214. The Hall–Kier alpha value is -1.56. The van der Waals surface area contributed by atoms with E-state index >= 15 is 0 Å². The van der Waals surface area contributed by atoms with E-state index in [1.807, 2.05) is 0 Å². The van der Waals surface area contributed by atoms with E-state index in [0.29, 0.717) is 6.42 Å². The summed E-state index contributed by atoms with van der Waals surface area (Å²) in [6.07, 6.45) is 45.2. The lowest BCUT2D eigenvalue weighted by atomic mass is 9.99. The van der Waals surface area contributed by atoms with Gasteiger partial charge in [0.05, 0.1) is 13.2 Å². The van der Waals surface area contributed by atoms with Crippen LogP contribution < -0.4 is 0 Å². The van der Waals surface area contributed by atoms with Gasteiger partial charge in [-0.05, 0) is 38.5 Å². The molecule has 1 aliphatic heterocycles. The van der Waals surface area contributed by atoms with Crippen LogP contribution in [0.1, 0.15) is 271 Å². The molecule has 4 N–H and O–H groups in total. The number of hydrogen-bond donors (Lipinski definition) is 4. The van der Waals surface area contributed by atoms with Crippen molar-refractivity contribution in [3.8, 4) is 0 Å². The summed E-state index contributed by atoms with van der Waals surface area (Å²) < 4.78 is 22.3. The predicted octanol–water partition coefficient (Wildman–Crippen LogP) is 13.5. The minimum Gasteiger partial charge on any atom is -0.462 e. The lowest BCUT2D eigenvalue weighted by Gasteiger charge is -2.39. The number of carbonyl (C=O) groups excluding carboxylic acids is 2. The number of carbonyl (C=O) groups is 2. The van der Waals surface area contributed by atoms with E-state index in [-0.39, 0.29) is 32.0 Å². The Morgan fingerprint density at radius 1 is 0.462 bits per heavy atom. The molecule has 0 spiro atoms. The van der Waals surface area contributed by atoms with E-state index in [0.717, 1.165) is 51.4 Å². The lowest BCUT2D eigenvalue weighted by molar-refractivity contribution is -0.305. The molecule has 0 radical (unpaired) electrons. The number of aliphatic hydroxyl groups is 4. The van der Waals surface area contributed by atoms with Gasteiger partial charge in [0.1, 0.15) is 31.0 Å². The molecule has 0 aromatic heterocycles. The second kappa shape index (κ2) is 46.2. The molecule has 0 aromatic carbocycles. The molecule has 10 heteroatoms. The topological polar surface area (TPSA) is 152 Å². The maximum atomic E-state index is 12.8. The van der Waals surface area contributed by atoms with Gasteiger partial charge in [0.2, 0.25) is 0 Å². The largest absolute Gasteiger partial charge is 0.462 e. The molecule has 1 rings (SSSR count). The van der Waals surface area contributed by atoms with E-state index in [2.05, 4.69) is 26.0 Å². The van der Waals surface area contributed by atoms with Crippen LogP contribution in [0.15, 0.2) is 12.2 Å². The van der Waals surface area contributed by atoms with Gasteiger partial charge in [-0.15, -0.1) is 0 Å². The summed E-state index contributed by atoms with van der Waals surface area (Å²) in [5, 5.41) is 40.2. The minimum atomic E-state index is -1.59. The van der Waals surface area contributed by atoms with E-state index < -0.39 is 49.4 Å². The molecule has 1 fully saturated rings. The highest BCUT2D eigenvalue weighted by Crippen LogP contribution is 2.23. The quantitative estimate of drug-likeness (QED) is 0.0264. The molecule has 65 heavy (non-hydrogen) atoms. The Kier molecular flexibility index (Phi) is 43.7. The number of hydrogen-bond acceptors (Lipinski definition) is 10. The summed E-state index contributed by atoms with van der Waals surface area (Å²) >= 11 is 0. The summed E-state index contributed by atoms with van der Waals surface area (Å²) in [6, 6.07) is 0. The molecule has 6 atom stereocenters. The van der Waals surface area contributed by atoms with Crippen molar-refractivity contribution in [1.82, 2.24) is 0 Å². The normalized spacial score (nSPS) is 19.3. The second-order valence-electron chi connectivity index (χ2n) is 19.4. The molecular weight excluding hydrogens is 821 g/mol. The van der Waals surface area contributed by atoms with Crippen LogP contribution in [-0.4, -0.2) is 89.0 Å². The van der Waals surface area contributed by atoms with Gasteiger partial charge in [0.25, 0.3) is 0 Å². The summed E-state index contributed by atoms with van der Waals surface area (Å²) in [5.41, 5.74) is 0. The molecular formula is C55H104O10. The fourth-order valence-electron chi connectivity index (χ4n) is 8.77. The Morgan fingerprint density at radius 3 is 1.20 bits per heavy atom. The molecule has 0 aliphatic carbocycles. The van der Waals surface area contributed by atoms with Gasteiger partial charge in [0, 0.05) is 12.8 Å². The van der Waals surface area contributed by atoms with Crippen LogP contribution in [0.25, 0.3) is 0 Å². The number of allylic oxidation sites excluding steroid dienone is 2. The summed E-state index contributed by atoms with van der Waals surface area (Å²) in [5.74, 6) is -0.799. The molecule has 384 valence electrons. The Balaban J connectivity index is 2.19. The van der Waals surface area contributed by atoms with Crippen molar-refractivity contribution in [3.05, 3.63) is 12.2 Å². The van der Waals surface area contributed by atoms with Gasteiger partial charge in [-0.3, -0.25) is 9.59 Å². The van der Waals surface area contributed by atoms with Crippen LogP contribution in [0, 0.1) is 0 Å². The van der Waals surface area contributed by atoms with E-state index in [1.165, 1.54) is 186 Å². The molecule has 0 aromatic rings. The highest BCUT2D eigenvalue weighted by Gasteiger charge is 2.44. The third-order valence-corrected chi connectivity index (χ3v) is 13.2. The smallest absolute Gasteiger partial charge is 0.306 e. The summed E-state index contributed by atoms with van der Waals surface area (Å²) in [4.78, 5) is 25.5. The first-order valence-corrected chi connectivity index (χ1v) is 27.8. The Morgan fingerprint density at radius 2 is 0.815 bits per heavy atom. The Labute approximate surface area is 399 Å². The van der Waals surface area contributed by atoms with Crippen LogP contribution >= 0.6 is 0 Å². The fourth-order valence-corrected chi connectivity index (χ4v) is 8.77. The van der Waals surface area contributed by atoms with Crippen LogP contribution in [0.4, 0.5) is 0 Å². The van der Waals surface area contributed by atoms with Crippen molar-refractivity contribution in [1.29, 1.82) is 0 Å². The van der Waals surface area contributed by atoms with Crippen LogP contribution in [-0.2, 0) is 28.5 Å². The maximum absolute atomic E-state index is 12.8. The van der Waals surface area contributed by atoms with Gasteiger partial charge in [-0.2, -0.15) is 0 Å². The first-order chi connectivity index (χ1) is 31.8. The number of aliphatic hydroxyl groups excluding tert-OH is 4. The molecule has 0 bridgehead atoms. The Bertz CT molecular complexity index is 1070. The summed E-state index contributed by atoms with van der Waals surface area (Å²) in [6.45, 7) is 3.47. The average Bonchev–Trinajstić information content (AvgIpc) is 3.30. The molecule has 0 saturated carbocycles. The third kappa shape index (κ3) is 37.1. The van der Waals surface area contributed by atoms with Crippen molar-refractivity contribution < 1.29 is 49.0 Å². The lowest BCUT2D eigenvalue weighted by Crippen LogP contribution is -2.59. The van der Waals surface area contributed by atoms with Crippen LogP contribution in [0.2, 0.25) is 0 Å². The van der Waals surface area contributed by atoms with E-state index in [9.17, 15) is 30.0 Å². The average molecular weight is 925 g/mol. The summed E-state index contributed by atoms with van der Waals surface area (Å²) in [7, 11) is 0. The highest BCUT2D eigenvalue weighted by atomic mass is 16.7. The van der Waals surface area contributed by atoms with Crippen LogP contribution in [0.3, 0.4) is 0 Å². The SMILES string of the molecule is CCCCCCCCC/C=C\CCCCCCCC(=O)OC(COC(=O)CCCCCCCCCCCCCCCCCCCCCCCCCC)COC1OC(CO)C(O)C(O)C1O. The molecule has 6 unspecified atom stereocenters.